The Labute approximate surface area is 150 Å². The Hall–Kier alpha value is -2.80. The van der Waals surface area contributed by atoms with Crippen molar-refractivity contribution in [3.63, 3.8) is 0 Å². The summed E-state index contributed by atoms with van der Waals surface area (Å²) < 4.78 is 18.3. The predicted octanol–water partition coefficient (Wildman–Crippen LogP) is 2.06. The molecule has 0 aliphatic carbocycles. The van der Waals surface area contributed by atoms with E-state index in [2.05, 4.69) is 15.6 Å². The van der Waals surface area contributed by atoms with Crippen molar-refractivity contribution in [2.75, 3.05) is 13.2 Å². The number of ether oxygens (including phenoxy) is 1. The molecule has 1 fully saturated rings. The maximum absolute atomic E-state index is 12.9. The summed E-state index contributed by atoms with van der Waals surface area (Å²) in [5.74, 6) is -1.07. The number of rotatable bonds is 6. The third kappa shape index (κ3) is 4.86. The van der Waals surface area contributed by atoms with Crippen LogP contribution < -0.4 is 10.6 Å². The van der Waals surface area contributed by atoms with Gasteiger partial charge in [-0.1, -0.05) is 18.2 Å². The van der Waals surface area contributed by atoms with E-state index in [1.165, 1.54) is 18.2 Å². The topological polar surface area (TPSA) is 80.3 Å². The molecule has 0 saturated carbocycles. The molecule has 1 saturated heterocycles. The fourth-order valence-electron chi connectivity index (χ4n) is 2.67. The number of hydrogen-bond acceptors (Lipinski definition) is 4. The second kappa shape index (κ2) is 8.53. The van der Waals surface area contributed by atoms with Gasteiger partial charge in [-0.3, -0.25) is 9.59 Å². The van der Waals surface area contributed by atoms with E-state index in [4.69, 9.17) is 4.74 Å². The minimum absolute atomic E-state index is 0.0427. The Morgan fingerprint density at radius 1 is 1.08 bits per heavy atom. The molecule has 0 bridgehead atoms. The largest absolute Gasteiger partial charge is 0.376 e. The van der Waals surface area contributed by atoms with Crippen molar-refractivity contribution >= 4 is 11.8 Å². The van der Waals surface area contributed by atoms with Gasteiger partial charge in [-0.25, -0.2) is 9.37 Å². The number of nitrogens with zero attached hydrogens (tertiary/aromatic N) is 1. The summed E-state index contributed by atoms with van der Waals surface area (Å²) in [5, 5.41) is 5.48. The summed E-state index contributed by atoms with van der Waals surface area (Å²) in [7, 11) is 0. The monoisotopic (exact) mass is 357 g/mol. The average Bonchev–Trinajstić information content (AvgIpc) is 3.19. The molecule has 1 atom stereocenters. The van der Waals surface area contributed by atoms with Gasteiger partial charge in [0.15, 0.2) is 0 Å². The lowest BCUT2D eigenvalue weighted by Gasteiger charge is -2.11. The second-order valence-electron chi connectivity index (χ2n) is 6.06. The summed E-state index contributed by atoms with van der Waals surface area (Å²) >= 11 is 0. The van der Waals surface area contributed by atoms with E-state index < -0.39 is 5.91 Å². The Balaban J connectivity index is 1.55. The van der Waals surface area contributed by atoms with Crippen LogP contribution >= 0.6 is 0 Å². The fourth-order valence-corrected chi connectivity index (χ4v) is 2.67. The lowest BCUT2D eigenvalue weighted by Crippen LogP contribution is -2.32. The van der Waals surface area contributed by atoms with Gasteiger partial charge in [0.2, 0.25) is 0 Å². The lowest BCUT2D eigenvalue weighted by molar-refractivity contribution is 0.0853. The third-order valence-electron chi connectivity index (χ3n) is 4.09. The standard InChI is InChI=1S/C19H20FN3O3/c20-14-8-6-13(7-9-14)11-21-18(24)16-4-1-5-17(23-16)19(25)22-12-15-3-2-10-26-15/h1,4-9,15H,2-3,10-12H2,(H,21,24)(H,22,25). The van der Waals surface area contributed by atoms with Gasteiger partial charge in [-0.05, 0) is 42.7 Å². The normalized spacial score (nSPS) is 16.3. The first-order valence-corrected chi connectivity index (χ1v) is 8.51. The second-order valence-corrected chi connectivity index (χ2v) is 6.06. The van der Waals surface area contributed by atoms with E-state index in [-0.39, 0.29) is 35.8 Å². The van der Waals surface area contributed by atoms with Crippen LogP contribution in [0.4, 0.5) is 4.39 Å². The first-order chi connectivity index (χ1) is 12.6. The summed E-state index contributed by atoms with van der Waals surface area (Å²) in [6.07, 6.45) is 1.98. The van der Waals surface area contributed by atoms with Gasteiger partial charge in [-0.15, -0.1) is 0 Å². The number of nitrogens with one attached hydrogen (secondary N) is 2. The van der Waals surface area contributed by atoms with Gasteiger partial charge < -0.3 is 15.4 Å². The zero-order valence-electron chi connectivity index (χ0n) is 14.2. The summed E-state index contributed by atoms with van der Waals surface area (Å²) in [6, 6.07) is 10.6. The molecule has 2 heterocycles. The zero-order valence-corrected chi connectivity index (χ0v) is 14.2. The number of carbonyl (C=O) groups is 2. The van der Waals surface area contributed by atoms with Gasteiger partial charge >= 0.3 is 0 Å². The Morgan fingerprint density at radius 3 is 2.42 bits per heavy atom. The van der Waals surface area contributed by atoms with Crippen molar-refractivity contribution in [1.29, 1.82) is 0 Å². The molecule has 2 amide bonds. The van der Waals surface area contributed by atoms with E-state index in [0.29, 0.717) is 6.54 Å². The molecule has 2 N–H and O–H groups in total. The summed E-state index contributed by atoms with van der Waals surface area (Å²) in [6.45, 7) is 1.40. The minimum Gasteiger partial charge on any atom is -0.376 e. The highest BCUT2D eigenvalue weighted by Crippen LogP contribution is 2.11. The number of amides is 2. The van der Waals surface area contributed by atoms with Crippen molar-refractivity contribution in [2.24, 2.45) is 0 Å². The molecule has 1 aliphatic rings. The first kappa shape index (κ1) is 18.0. The van der Waals surface area contributed by atoms with Crippen LogP contribution in [0.25, 0.3) is 0 Å². The molecule has 1 aromatic heterocycles. The fraction of sp³-hybridized carbons (Fsp3) is 0.316. The Kier molecular flexibility index (Phi) is 5.91. The predicted molar refractivity (Wildman–Crippen MR) is 93.1 cm³/mol. The van der Waals surface area contributed by atoms with Crippen LogP contribution in [0.1, 0.15) is 39.4 Å². The number of aromatic nitrogens is 1. The van der Waals surface area contributed by atoms with E-state index >= 15 is 0 Å². The molecule has 1 aliphatic heterocycles. The van der Waals surface area contributed by atoms with Gasteiger partial charge in [0.1, 0.15) is 17.2 Å². The summed E-state index contributed by atoms with van der Waals surface area (Å²) in [4.78, 5) is 28.5. The van der Waals surface area contributed by atoms with E-state index in [9.17, 15) is 14.0 Å². The molecule has 26 heavy (non-hydrogen) atoms. The lowest BCUT2D eigenvalue weighted by atomic mass is 10.2. The Bertz CT molecular complexity index is 774. The van der Waals surface area contributed by atoms with Crippen molar-refractivity contribution < 1.29 is 18.7 Å². The van der Waals surface area contributed by atoms with Crippen LogP contribution in [0.5, 0.6) is 0 Å². The van der Waals surface area contributed by atoms with Crippen LogP contribution in [-0.4, -0.2) is 36.1 Å². The Morgan fingerprint density at radius 2 is 1.77 bits per heavy atom. The molecular formula is C19H20FN3O3. The van der Waals surface area contributed by atoms with Crippen molar-refractivity contribution in [1.82, 2.24) is 15.6 Å². The molecule has 2 aromatic rings. The van der Waals surface area contributed by atoms with Crippen molar-refractivity contribution in [3.05, 3.63) is 65.2 Å². The minimum atomic E-state index is -0.400. The molecule has 1 aromatic carbocycles. The third-order valence-corrected chi connectivity index (χ3v) is 4.09. The van der Waals surface area contributed by atoms with Crippen molar-refractivity contribution in [3.8, 4) is 0 Å². The van der Waals surface area contributed by atoms with E-state index in [0.717, 1.165) is 25.0 Å². The molecule has 136 valence electrons. The average molecular weight is 357 g/mol. The number of benzene rings is 1. The molecule has 3 rings (SSSR count). The molecule has 7 heteroatoms. The van der Waals surface area contributed by atoms with Gasteiger partial charge in [0.25, 0.3) is 11.8 Å². The van der Waals surface area contributed by atoms with Crippen LogP contribution in [-0.2, 0) is 11.3 Å². The van der Waals surface area contributed by atoms with Crippen molar-refractivity contribution in [2.45, 2.75) is 25.5 Å². The number of halogens is 1. The van der Waals surface area contributed by atoms with Crippen LogP contribution in [0, 0.1) is 5.82 Å². The molecular weight excluding hydrogens is 337 g/mol. The van der Waals surface area contributed by atoms with Gasteiger partial charge in [0.05, 0.1) is 6.10 Å². The molecule has 6 nitrogen and oxygen atoms in total. The molecule has 1 unspecified atom stereocenters. The van der Waals surface area contributed by atoms with E-state index in [1.807, 2.05) is 0 Å². The van der Waals surface area contributed by atoms with Gasteiger partial charge in [0, 0.05) is 19.7 Å². The highest BCUT2D eigenvalue weighted by atomic mass is 19.1. The maximum atomic E-state index is 12.9. The van der Waals surface area contributed by atoms with Gasteiger partial charge in [-0.2, -0.15) is 0 Å². The zero-order chi connectivity index (χ0) is 18.4. The first-order valence-electron chi connectivity index (χ1n) is 8.51. The molecule has 0 radical (unpaired) electrons. The number of carbonyl (C=O) groups excluding carboxylic acids is 2. The van der Waals surface area contributed by atoms with Crippen LogP contribution in [0.3, 0.4) is 0 Å². The molecule has 0 spiro atoms. The van der Waals surface area contributed by atoms with Crippen LogP contribution in [0.15, 0.2) is 42.5 Å². The van der Waals surface area contributed by atoms with Crippen LogP contribution in [0.2, 0.25) is 0 Å². The highest BCUT2D eigenvalue weighted by molar-refractivity contribution is 5.96. The SMILES string of the molecule is O=C(NCc1ccc(F)cc1)c1cccc(C(=O)NCC2CCCO2)n1. The quantitative estimate of drug-likeness (QED) is 0.829. The number of pyridine rings is 1. The summed E-state index contributed by atoms with van der Waals surface area (Å²) in [5.41, 5.74) is 1.10. The number of hydrogen-bond donors (Lipinski definition) is 2. The highest BCUT2D eigenvalue weighted by Gasteiger charge is 2.18. The maximum Gasteiger partial charge on any atom is 0.270 e. The van der Waals surface area contributed by atoms with E-state index in [1.54, 1.807) is 24.3 Å². The smallest absolute Gasteiger partial charge is 0.270 e.